The van der Waals surface area contributed by atoms with Gasteiger partial charge in [-0.05, 0) is 172 Å². The molecule has 0 bridgehead atoms. The number of para-hydroxylation sites is 1. The van der Waals surface area contributed by atoms with E-state index in [0.29, 0.717) is 13.2 Å². The molecule has 5 heteroatoms. The Kier molecular flexibility index (Phi) is 19.4. The summed E-state index contributed by atoms with van der Waals surface area (Å²) in [5, 5.41) is 2.16. The Bertz CT molecular complexity index is 4150. The van der Waals surface area contributed by atoms with Crippen LogP contribution >= 0.6 is 0 Å². The number of furan rings is 1. The second-order valence-electron chi connectivity index (χ2n) is 23.8. The number of benzene rings is 11. The van der Waals surface area contributed by atoms with E-state index >= 15 is 0 Å². The highest BCUT2D eigenvalue weighted by atomic mass is 16.5. The molecule has 12 rings (SSSR count). The van der Waals surface area contributed by atoms with Crippen LogP contribution in [-0.4, -0.2) is 13.2 Å². The highest BCUT2D eigenvalue weighted by Crippen LogP contribution is 2.52. The largest absolute Gasteiger partial charge is 0.490 e. The van der Waals surface area contributed by atoms with E-state index in [1.807, 2.05) is 6.07 Å². The summed E-state index contributed by atoms with van der Waals surface area (Å²) < 4.78 is 20.4. The third kappa shape index (κ3) is 14.1. The van der Waals surface area contributed by atoms with Gasteiger partial charge in [-0.3, -0.25) is 0 Å². The van der Waals surface area contributed by atoms with Gasteiger partial charge in [0.05, 0.1) is 24.6 Å². The molecule has 0 N–H and O–H groups in total. The van der Waals surface area contributed by atoms with E-state index in [1.165, 1.54) is 73.6 Å². The van der Waals surface area contributed by atoms with Gasteiger partial charge in [0.2, 0.25) is 0 Å². The first-order valence-electron chi connectivity index (χ1n) is 32.5. The Hall–Kier alpha value is -9.58. The predicted octanol–water partition coefficient (Wildman–Crippen LogP) is 25.0. The normalized spacial score (nSPS) is 11.3. The van der Waals surface area contributed by atoms with Gasteiger partial charge in [0.15, 0.2) is 11.5 Å². The zero-order chi connectivity index (χ0) is 60.7. The van der Waals surface area contributed by atoms with Gasteiger partial charge in [-0.25, -0.2) is 0 Å². The molecule has 89 heavy (non-hydrogen) atoms. The van der Waals surface area contributed by atoms with Gasteiger partial charge >= 0.3 is 0 Å². The molecule has 0 fully saturated rings. The molecule has 1 heterocycles. The van der Waals surface area contributed by atoms with Crippen molar-refractivity contribution in [3.05, 3.63) is 266 Å². The van der Waals surface area contributed by atoms with Crippen molar-refractivity contribution in [1.29, 1.82) is 0 Å². The predicted molar refractivity (Wildman–Crippen MR) is 377 cm³/mol. The topological polar surface area (TPSA) is 38.1 Å². The van der Waals surface area contributed by atoms with Gasteiger partial charge < -0.3 is 23.7 Å². The van der Waals surface area contributed by atoms with Crippen molar-refractivity contribution < 1.29 is 13.9 Å². The van der Waals surface area contributed by atoms with Crippen LogP contribution in [0, 0.1) is 13.8 Å². The van der Waals surface area contributed by atoms with Crippen LogP contribution < -0.4 is 19.3 Å². The van der Waals surface area contributed by atoms with Crippen LogP contribution in [0.2, 0.25) is 0 Å². The Morgan fingerprint density at radius 3 is 1.19 bits per heavy atom. The van der Waals surface area contributed by atoms with Crippen molar-refractivity contribution >= 4 is 56.1 Å². The van der Waals surface area contributed by atoms with E-state index in [2.05, 4.69) is 286 Å². The first kappa shape index (κ1) is 59.7. The number of unbranched alkanes of at least 4 members (excludes halogenated alkanes) is 10. The fraction of sp³-hybridized carbons (Fsp3) is 0.214. The van der Waals surface area contributed by atoms with Crippen LogP contribution in [0.25, 0.3) is 77.6 Å². The quantitative estimate of drug-likeness (QED) is 0.0480. The lowest BCUT2D eigenvalue weighted by Crippen LogP contribution is -2.17. The van der Waals surface area contributed by atoms with E-state index in [9.17, 15) is 0 Å². The van der Waals surface area contributed by atoms with Crippen molar-refractivity contribution in [2.24, 2.45) is 0 Å². The minimum Gasteiger partial charge on any atom is -0.490 e. The molecule has 0 saturated heterocycles. The average molecular weight is 1170 g/mol. The number of anilines is 6. The van der Waals surface area contributed by atoms with Crippen molar-refractivity contribution in [2.45, 2.75) is 105 Å². The molecular formula is C84H82N2O3. The second kappa shape index (κ2) is 29.0. The number of aryl methyl sites for hydroxylation is 2. The van der Waals surface area contributed by atoms with Gasteiger partial charge in [0.25, 0.3) is 0 Å². The standard InChI is InChI=1S/C84H82N2O3/c1-5-7-9-11-13-26-54-87-82-53-44-70(57-84(82)88-55-27-14-12-10-8-6-2)78-60-80(86(73-49-42-68(43-50-73)65-32-22-17-23-33-65)74-51-52-76-75-34-24-25-35-81(75)89-83(76)58-74)79(59-77(78)69-37-36-61(3)62(4)56-69)85(71-45-38-66(39-46-71)63-28-18-15-19-29-63)72-47-40-67(41-48-72)64-30-20-16-21-31-64/h15-25,28-53,56-60H,5-14,26-27,54-55H2,1-4H3. The van der Waals surface area contributed by atoms with Gasteiger partial charge in [-0.2, -0.15) is 0 Å². The van der Waals surface area contributed by atoms with Gasteiger partial charge in [0.1, 0.15) is 11.2 Å². The van der Waals surface area contributed by atoms with Crippen LogP contribution in [-0.2, 0) is 0 Å². The summed E-state index contributed by atoms with van der Waals surface area (Å²) in [5.74, 6) is 1.57. The number of hydrogen-bond acceptors (Lipinski definition) is 5. The van der Waals surface area contributed by atoms with Crippen LogP contribution in [0.4, 0.5) is 34.1 Å². The van der Waals surface area contributed by atoms with Gasteiger partial charge in [-0.1, -0.05) is 248 Å². The third-order valence-corrected chi connectivity index (χ3v) is 17.5. The summed E-state index contributed by atoms with van der Waals surface area (Å²) >= 11 is 0. The van der Waals surface area contributed by atoms with Crippen molar-refractivity contribution in [3.63, 3.8) is 0 Å². The maximum atomic E-state index is 6.93. The molecule has 446 valence electrons. The Morgan fingerprint density at radius 1 is 0.292 bits per heavy atom. The Morgan fingerprint density at radius 2 is 0.685 bits per heavy atom. The number of ether oxygens (including phenoxy) is 2. The molecule has 1 aromatic heterocycles. The number of nitrogens with zero attached hydrogens (tertiary/aromatic N) is 2. The molecule has 12 aromatic rings. The summed E-state index contributed by atoms with van der Waals surface area (Å²) in [6.07, 6.45) is 14.3. The lowest BCUT2D eigenvalue weighted by molar-refractivity contribution is 0.258. The molecule has 5 nitrogen and oxygen atoms in total. The SMILES string of the molecule is CCCCCCCCOc1ccc(-c2cc(N(c3ccc(-c4ccccc4)cc3)c3ccc4c(c3)oc3ccccc34)c(N(c3ccc(-c4ccccc4)cc3)c3ccc(-c4ccccc4)cc3)cc2-c2ccc(C)c(C)c2)cc1OCCCCCCCC. The van der Waals surface area contributed by atoms with Crippen LogP contribution in [0.15, 0.2) is 259 Å². The first-order valence-corrected chi connectivity index (χ1v) is 32.5. The minimum atomic E-state index is 0.620. The molecule has 0 unspecified atom stereocenters. The fourth-order valence-corrected chi connectivity index (χ4v) is 12.4. The first-order chi connectivity index (χ1) is 43.9. The number of fused-ring (bicyclic) bond motifs is 3. The summed E-state index contributed by atoms with van der Waals surface area (Å²) in [6, 6.07) is 92.6. The smallest absolute Gasteiger partial charge is 0.161 e. The maximum Gasteiger partial charge on any atom is 0.161 e. The highest BCUT2D eigenvalue weighted by Gasteiger charge is 2.28. The molecule has 0 saturated carbocycles. The molecule has 0 aliphatic carbocycles. The Balaban J connectivity index is 1.11. The monoisotopic (exact) mass is 1170 g/mol. The van der Waals surface area contributed by atoms with Crippen LogP contribution in [0.1, 0.15) is 102 Å². The second-order valence-corrected chi connectivity index (χ2v) is 23.8. The van der Waals surface area contributed by atoms with Crippen molar-refractivity contribution in [3.8, 4) is 67.1 Å². The fourth-order valence-electron chi connectivity index (χ4n) is 12.4. The minimum absolute atomic E-state index is 0.620. The van der Waals surface area contributed by atoms with Crippen LogP contribution in [0.3, 0.4) is 0 Å². The molecule has 0 spiro atoms. The lowest BCUT2D eigenvalue weighted by Gasteiger charge is -2.34. The number of rotatable bonds is 27. The highest BCUT2D eigenvalue weighted by molar-refractivity contribution is 6.07. The van der Waals surface area contributed by atoms with E-state index in [4.69, 9.17) is 13.9 Å². The molecule has 0 radical (unpaired) electrons. The van der Waals surface area contributed by atoms with E-state index in [0.717, 1.165) is 138 Å². The lowest BCUT2D eigenvalue weighted by atomic mass is 9.90. The summed E-state index contributed by atoms with van der Waals surface area (Å²) in [4.78, 5) is 4.88. The van der Waals surface area contributed by atoms with Crippen molar-refractivity contribution in [1.82, 2.24) is 0 Å². The molecule has 0 amide bonds. The molecule has 0 aliphatic rings. The maximum absolute atomic E-state index is 6.93. The molecular weight excluding hydrogens is 1080 g/mol. The summed E-state index contributed by atoms with van der Waals surface area (Å²) in [7, 11) is 0. The van der Waals surface area contributed by atoms with Gasteiger partial charge in [-0.15, -0.1) is 0 Å². The average Bonchev–Trinajstić information content (AvgIpc) is 1.28. The summed E-state index contributed by atoms with van der Waals surface area (Å²) in [6.45, 7) is 10.2. The van der Waals surface area contributed by atoms with E-state index in [-0.39, 0.29) is 0 Å². The van der Waals surface area contributed by atoms with Gasteiger partial charge in [0, 0.05) is 39.6 Å². The zero-order valence-electron chi connectivity index (χ0n) is 52.3. The number of hydrogen-bond donors (Lipinski definition) is 0. The van der Waals surface area contributed by atoms with Crippen LogP contribution in [0.5, 0.6) is 11.5 Å². The van der Waals surface area contributed by atoms with E-state index in [1.54, 1.807) is 0 Å². The molecule has 0 atom stereocenters. The zero-order valence-corrected chi connectivity index (χ0v) is 52.3. The van der Waals surface area contributed by atoms with Crippen molar-refractivity contribution in [2.75, 3.05) is 23.0 Å². The van der Waals surface area contributed by atoms with E-state index < -0.39 is 0 Å². The molecule has 0 aliphatic heterocycles. The third-order valence-electron chi connectivity index (χ3n) is 17.5. The summed E-state index contributed by atoms with van der Waals surface area (Å²) in [5.41, 5.74) is 21.3. The Labute approximate surface area is 527 Å². The molecule has 11 aromatic carbocycles.